The summed E-state index contributed by atoms with van der Waals surface area (Å²) in [6, 6.07) is 3.23. The molecule has 2 heterocycles. The molecule has 0 saturated heterocycles. The highest BCUT2D eigenvalue weighted by Crippen LogP contribution is 2.30. The Morgan fingerprint density at radius 3 is 2.80 bits per heavy atom. The minimum Gasteiger partial charge on any atom is -0.477 e. The molecule has 0 aromatic carbocycles. The predicted molar refractivity (Wildman–Crippen MR) is 74.5 cm³/mol. The Kier molecular flexibility index (Phi) is 3.27. The van der Waals surface area contributed by atoms with Crippen molar-refractivity contribution in [2.24, 2.45) is 0 Å². The van der Waals surface area contributed by atoms with Crippen molar-refractivity contribution in [2.75, 3.05) is 5.32 Å². The van der Waals surface area contributed by atoms with Crippen LogP contribution in [0, 0.1) is 0 Å². The number of aromatic amines is 1. The van der Waals surface area contributed by atoms with Crippen LogP contribution in [0.25, 0.3) is 0 Å². The van der Waals surface area contributed by atoms with E-state index in [4.69, 9.17) is 5.11 Å². The molecule has 2 aromatic rings. The van der Waals surface area contributed by atoms with Crippen LogP contribution in [-0.4, -0.2) is 27.2 Å². The summed E-state index contributed by atoms with van der Waals surface area (Å²) >= 11 is 1.51. The summed E-state index contributed by atoms with van der Waals surface area (Å²) in [7, 11) is 0. The number of aryl methyl sites for hydroxylation is 2. The highest BCUT2D eigenvalue weighted by Gasteiger charge is 2.18. The lowest BCUT2D eigenvalue weighted by Crippen LogP contribution is -2.10. The molecule has 3 N–H and O–H groups in total. The number of rotatable bonds is 3. The van der Waals surface area contributed by atoms with E-state index < -0.39 is 5.97 Å². The lowest BCUT2D eigenvalue weighted by Gasteiger charge is -2.08. The molecule has 0 atom stereocenters. The molecule has 0 unspecified atom stereocenters. The maximum Gasteiger partial charge on any atom is 0.353 e. The molecule has 3 rings (SSSR count). The fourth-order valence-corrected chi connectivity index (χ4v) is 3.42. The van der Waals surface area contributed by atoms with Gasteiger partial charge in [0.1, 0.15) is 5.69 Å². The van der Waals surface area contributed by atoms with Crippen molar-refractivity contribution >= 4 is 29.0 Å². The second-order valence-electron chi connectivity index (χ2n) is 4.69. The number of H-pyrrole nitrogens is 1. The lowest BCUT2D eigenvalue weighted by atomic mass is 9.99. The summed E-state index contributed by atoms with van der Waals surface area (Å²) in [6.07, 6.45) is 4.42. The number of aromatic carboxylic acids is 1. The van der Waals surface area contributed by atoms with Crippen LogP contribution in [0.4, 0.5) is 5.82 Å². The highest BCUT2D eigenvalue weighted by molar-refractivity contribution is 7.14. The zero-order valence-electron chi connectivity index (χ0n) is 10.6. The number of nitrogens with one attached hydrogen (secondary N) is 2. The van der Waals surface area contributed by atoms with Crippen LogP contribution in [0.15, 0.2) is 12.1 Å². The van der Waals surface area contributed by atoms with Crippen molar-refractivity contribution in [3.8, 4) is 0 Å². The number of carbonyl (C=O) groups excluding carboxylic acids is 1. The molecule has 1 aliphatic rings. The summed E-state index contributed by atoms with van der Waals surface area (Å²) in [4.78, 5) is 24.8. The smallest absolute Gasteiger partial charge is 0.353 e. The van der Waals surface area contributed by atoms with E-state index in [2.05, 4.69) is 15.5 Å². The quantitative estimate of drug-likeness (QED) is 0.808. The van der Waals surface area contributed by atoms with E-state index in [0.29, 0.717) is 4.88 Å². The summed E-state index contributed by atoms with van der Waals surface area (Å²) in [5.41, 5.74) is 1.21. The molecule has 0 bridgehead atoms. The van der Waals surface area contributed by atoms with Crippen LogP contribution < -0.4 is 5.32 Å². The first-order valence-electron chi connectivity index (χ1n) is 6.35. The van der Waals surface area contributed by atoms with Gasteiger partial charge in [0, 0.05) is 10.9 Å². The van der Waals surface area contributed by atoms with Crippen molar-refractivity contribution in [3.63, 3.8) is 0 Å². The fraction of sp³-hybridized carbons (Fsp3) is 0.308. The number of thiophene rings is 1. The monoisotopic (exact) mass is 291 g/mol. The molecule has 0 aliphatic heterocycles. The number of carboxylic acid groups (broad SMARTS) is 1. The zero-order valence-corrected chi connectivity index (χ0v) is 11.4. The van der Waals surface area contributed by atoms with Gasteiger partial charge in [0.15, 0.2) is 5.82 Å². The van der Waals surface area contributed by atoms with Crippen molar-refractivity contribution < 1.29 is 14.7 Å². The van der Waals surface area contributed by atoms with Gasteiger partial charge in [-0.2, -0.15) is 5.10 Å². The molecule has 1 aliphatic carbocycles. The van der Waals surface area contributed by atoms with E-state index in [1.807, 2.05) is 6.07 Å². The Morgan fingerprint density at radius 2 is 2.10 bits per heavy atom. The molecule has 0 spiro atoms. The summed E-state index contributed by atoms with van der Waals surface area (Å²) < 4.78 is 0. The lowest BCUT2D eigenvalue weighted by molar-refractivity contribution is 0.0690. The average Bonchev–Trinajstić information content (AvgIpc) is 3.04. The number of carbonyl (C=O) groups is 2. The number of aromatic nitrogens is 2. The van der Waals surface area contributed by atoms with E-state index in [0.717, 1.165) is 12.8 Å². The average molecular weight is 291 g/mol. The van der Waals surface area contributed by atoms with Gasteiger partial charge in [0.05, 0.1) is 4.88 Å². The Hall–Kier alpha value is -2.15. The molecule has 20 heavy (non-hydrogen) atoms. The molecule has 0 saturated carbocycles. The topological polar surface area (TPSA) is 95.1 Å². The maximum absolute atomic E-state index is 12.1. The molecule has 0 radical (unpaired) electrons. The van der Waals surface area contributed by atoms with E-state index in [9.17, 15) is 9.59 Å². The molecule has 2 aromatic heterocycles. The van der Waals surface area contributed by atoms with Crippen LogP contribution in [0.2, 0.25) is 0 Å². The molecule has 6 nitrogen and oxygen atoms in total. The van der Waals surface area contributed by atoms with E-state index in [1.54, 1.807) is 0 Å². The van der Waals surface area contributed by atoms with Crippen LogP contribution in [0.1, 0.15) is 43.4 Å². The van der Waals surface area contributed by atoms with Crippen molar-refractivity contribution in [1.29, 1.82) is 0 Å². The predicted octanol–water partition coefficient (Wildman–Crippen LogP) is 2.30. The Balaban J connectivity index is 1.75. The summed E-state index contributed by atoms with van der Waals surface area (Å²) in [5.74, 6) is -1.13. The number of anilines is 1. The molecule has 104 valence electrons. The fourth-order valence-electron chi connectivity index (χ4n) is 2.28. The number of hydrogen-bond acceptors (Lipinski definition) is 4. The first kappa shape index (κ1) is 12.9. The third-order valence-corrected chi connectivity index (χ3v) is 4.51. The molecule has 7 heteroatoms. The summed E-state index contributed by atoms with van der Waals surface area (Å²) in [6.45, 7) is 0. The second kappa shape index (κ2) is 5.09. The van der Waals surface area contributed by atoms with Crippen LogP contribution in [0.3, 0.4) is 0 Å². The Bertz CT molecular complexity index is 651. The van der Waals surface area contributed by atoms with Gasteiger partial charge in [-0.3, -0.25) is 9.89 Å². The molecule has 1 amide bonds. The van der Waals surface area contributed by atoms with Crippen LogP contribution in [0.5, 0.6) is 0 Å². The van der Waals surface area contributed by atoms with Gasteiger partial charge < -0.3 is 10.4 Å². The standard InChI is InChI=1S/C13H13N3O3S/c17-12(14-11-6-8(13(18)19)15-16-11)10-5-7-3-1-2-4-9(7)20-10/h5-6H,1-4H2,(H,18,19)(H2,14,15,16,17). The molecular formula is C13H13N3O3S. The zero-order chi connectivity index (χ0) is 14.1. The van der Waals surface area contributed by atoms with Crippen molar-refractivity contribution in [1.82, 2.24) is 10.2 Å². The number of fused-ring (bicyclic) bond motifs is 1. The van der Waals surface area contributed by atoms with E-state index in [-0.39, 0.29) is 17.4 Å². The van der Waals surface area contributed by atoms with Crippen molar-refractivity contribution in [3.05, 3.63) is 33.1 Å². The third kappa shape index (κ3) is 2.44. The van der Waals surface area contributed by atoms with Crippen molar-refractivity contribution in [2.45, 2.75) is 25.7 Å². The number of amides is 1. The largest absolute Gasteiger partial charge is 0.477 e. The van der Waals surface area contributed by atoms with Crippen LogP contribution in [-0.2, 0) is 12.8 Å². The maximum atomic E-state index is 12.1. The molecule has 0 fully saturated rings. The number of carboxylic acids is 1. The van der Waals surface area contributed by atoms with Gasteiger partial charge in [-0.05, 0) is 37.3 Å². The third-order valence-electron chi connectivity index (χ3n) is 3.27. The van der Waals surface area contributed by atoms with Gasteiger partial charge in [-0.15, -0.1) is 11.3 Å². The Labute approximate surface area is 118 Å². The van der Waals surface area contributed by atoms with Crippen LogP contribution >= 0.6 is 11.3 Å². The van der Waals surface area contributed by atoms with Gasteiger partial charge >= 0.3 is 5.97 Å². The minimum absolute atomic E-state index is 0.0502. The van der Waals surface area contributed by atoms with Gasteiger partial charge in [-0.1, -0.05) is 0 Å². The van der Waals surface area contributed by atoms with Gasteiger partial charge in [0.25, 0.3) is 5.91 Å². The molecular weight excluding hydrogens is 278 g/mol. The first-order chi connectivity index (χ1) is 9.63. The van der Waals surface area contributed by atoms with Gasteiger partial charge in [-0.25, -0.2) is 4.79 Å². The summed E-state index contributed by atoms with van der Waals surface area (Å²) in [5, 5.41) is 17.5. The SMILES string of the molecule is O=C(O)c1cc(NC(=O)c2cc3c(s2)CCCC3)n[nH]1. The van der Waals surface area contributed by atoms with E-state index >= 15 is 0 Å². The number of nitrogens with zero attached hydrogens (tertiary/aromatic N) is 1. The van der Waals surface area contributed by atoms with Gasteiger partial charge in [0.2, 0.25) is 0 Å². The first-order valence-corrected chi connectivity index (χ1v) is 7.17. The Morgan fingerprint density at radius 1 is 1.30 bits per heavy atom. The minimum atomic E-state index is -1.11. The second-order valence-corrected chi connectivity index (χ2v) is 5.83. The normalized spacial score (nSPS) is 13.8. The van der Waals surface area contributed by atoms with E-state index in [1.165, 1.54) is 40.7 Å². The number of hydrogen-bond donors (Lipinski definition) is 3. The highest BCUT2D eigenvalue weighted by atomic mass is 32.1.